The number of thiophene rings is 1. The highest BCUT2D eigenvalue weighted by molar-refractivity contribution is 7.09. The van der Waals surface area contributed by atoms with Gasteiger partial charge in [-0.2, -0.15) is 0 Å². The van der Waals surface area contributed by atoms with Crippen LogP contribution < -0.4 is 11.1 Å². The van der Waals surface area contributed by atoms with Crippen molar-refractivity contribution in [3.63, 3.8) is 0 Å². The van der Waals surface area contributed by atoms with Crippen LogP contribution in [0.1, 0.15) is 43.6 Å². The number of amides is 1. The Morgan fingerprint density at radius 2 is 1.96 bits per heavy atom. The monoisotopic (exact) mass is 406 g/mol. The minimum atomic E-state index is -1.36. The molecule has 1 amide bonds. The zero-order valence-electron chi connectivity index (χ0n) is 16.6. The smallest absolute Gasteiger partial charge is 0.223 e. The quantitative estimate of drug-likeness (QED) is 0.531. The standard InChI is InChI=1S/C22H31FN2O2S/c1-22(2,23)11-10-17(21(27)25-15-18-9-6-12-28-18)14-20(26)19(24)13-16-7-4-3-5-8-16/h3-9,12,17,19-20,26H,10-11,13-15,24H2,1-2H3,(H,25,27)/t17-,19+,20+/m1/s1. The van der Waals surface area contributed by atoms with E-state index in [-0.39, 0.29) is 18.7 Å². The Hall–Kier alpha value is -1.76. The molecular weight excluding hydrogens is 375 g/mol. The van der Waals surface area contributed by atoms with Crippen LogP contribution in [0.25, 0.3) is 0 Å². The maximum atomic E-state index is 14.0. The number of benzene rings is 1. The average molecular weight is 407 g/mol. The summed E-state index contributed by atoms with van der Waals surface area (Å²) in [5, 5.41) is 15.5. The molecule has 1 aromatic heterocycles. The second-order valence-electron chi connectivity index (χ2n) is 7.91. The van der Waals surface area contributed by atoms with Crippen molar-refractivity contribution in [3.05, 3.63) is 58.3 Å². The minimum Gasteiger partial charge on any atom is -0.391 e. The Balaban J connectivity index is 1.95. The molecule has 0 aliphatic carbocycles. The predicted octanol–water partition coefficient (Wildman–Crippen LogP) is 3.83. The first kappa shape index (κ1) is 22.5. The molecule has 2 rings (SSSR count). The summed E-state index contributed by atoms with van der Waals surface area (Å²) in [6.07, 6.45) is 0.542. The van der Waals surface area contributed by atoms with E-state index in [1.165, 1.54) is 13.8 Å². The summed E-state index contributed by atoms with van der Waals surface area (Å²) < 4.78 is 14.0. The third kappa shape index (κ3) is 8.09. The molecule has 0 spiro atoms. The number of aliphatic hydroxyl groups excluding tert-OH is 1. The molecule has 0 bridgehead atoms. The first-order chi connectivity index (χ1) is 13.2. The highest BCUT2D eigenvalue weighted by Gasteiger charge is 2.28. The molecule has 2 aromatic rings. The van der Waals surface area contributed by atoms with Crippen LogP contribution in [0.3, 0.4) is 0 Å². The van der Waals surface area contributed by atoms with E-state index >= 15 is 0 Å². The number of aliphatic hydroxyl groups is 1. The summed E-state index contributed by atoms with van der Waals surface area (Å²) in [6.45, 7) is 3.45. The second kappa shape index (κ2) is 10.7. The van der Waals surface area contributed by atoms with Crippen molar-refractivity contribution >= 4 is 17.2 Å². The van der Waals surface area contributed by atoms with Crippen LogP contribution >= 0.6 is 11.3 Å². The number of rotatable bonds is 11. The molecular formula is C22H31FN2O2S. The Kier molecular flexibility index (Phi) is 8.60. The molecule has 4 N–H and O–H groups in total. The molecule has 1 aromatic carbocycles. The molecule has 0 saturated heterocycles. The maximum absolute atomic E-state index is 14.0. The fourth-order valence-electron chi connectivity index (χ4n) is 3.09. The Bertz CT molecular complexity index is 701. The summed E-state index contributed by atoms with van der Waals surface area (Å²) in [6, 6.07) is 13.1. The first-order valence-corrected chi connectivity index (χ1v) is 10.6. The number of hydrogen-bond acceptors (Lipinski definition) is 4. The van der Waals surface area contributed by atoms with Crippen LogP contribution in [0.15, 0.2) is 47.8 Å². The Morgan fingerprint density at radius 1 is 1.25 bits per heavy atom. The van der Waals surface area contributed by atoms with Crippen molar-refractivity contribution in [2.24, 2.45) is 11.7 Å². The SMILES string of the molecule is CC(C)(F)CC[C@H](C[C@H](O)[C@@H](N)Cc1ccccc1)C(=O)NCc1cccs1. The number of nitrogens with one attached hydrogen (secondary N) is 1. The highest BCUT2D eigenvalue weighted by atomic mass is 32.1. The summed E-state index contributed by atoms with van der Waals surface area (Å²) in [5.41, 5.74) is 5.86. The summed E-state index contributed by atoms with van der Waals surface area (Å²) in [5.74, 6) is -0.643. The molecule has 28 heavy (non-hydrogen) atoms. The predicted molar refractivity (Wildman–Crippen MR) is 113 cm³/mol. The van der Waals surface area contributed by atoms with Gasteiger partial charge in [-0.1, -0.05) is 36.4 Å². The Morgan fingerprint density at radius 3 is 2.57 bits per heavy atom. The van der Waals surface area contributed by atoms with E-state index in [2.05, 4.69) is 5.32 Å². The third-order valence-corrected chi connectivity index (χ3v) is 5.69. The van der Waals surface area contributed by atoms with Gasteiger partial charge < -0.3 is 16.2 Å². The molecule has 0 saturated carbocycles. The van der Waals surface area contributed by atoms with Crippen molar-refractivity contribution in [1.82, 2.24) is 5.32 Å². The fraction of sp³-hybridized carbons (Fsp3) is 0.500. The molecule has 6 heteroatoms. The lowest BCUT2D eigenvalue weighted by Gasteiger charge is -2.25. The fourth-order valence-corrected chi connectivity index (χ4v) is 3.74. The van der Waals surface area contributed by atoms with Gasteiger partial charge in [0.25, 0.3) is 0 Å². The lowest BCUT2D eigenvalue weighted by atomic mass is 9.88. The van der Waals surface area contributed by atoms with Crippen molar-refractivity contribution in [2.75, 3.05) is 0 Å². The van der Waals surface area contributed by atoms with E-state index in [0.717, 1.165) is 10.4 Å². The van der Waals surface area contributed by atoms with Gasteiger partial charge >= 0.3 is 0 Å². The van der Waals surface area contributed by atoms with Gasteiger partial charge in [0.05, 0.1) is 12.6 Å². The lowest BCUT2D eigenvalue weighted by molar-refractivity contribution is -0.126. The van der Waals surface area contributed by atoms with Crippen molar-refractivity contribution in [2.45, 2.75) is 63.9 Å². The van der Waals surface area contributed by atoms with Crippen LogP contribution in [0.2, 0.25) is 0 Å². The van der Waals surface area contributed by atoms with Crippen LogP contribution in [0.5, 0.6) is 0 Å². The van der Waals surface area contributed by atoms with Crippen LogP contribution in [-0.2, 0) is 17.8 Å². The average Bonchev–Trinajstić information content (AvgIpc) is 3.16. The van der Waals surface area contributed by atoms with Gasteiger partial charge in [-0.05, 0) is 56.5 Å². The summed E-state index contributed by atoms with van der Waals surface area (Å²) in [7, 11) is 0. The number of carbonyl (C=O) groups excluding carboxylic acids is 1. The second-order valence-corrected chi connectivity index (χ2v) is 8.94. The van der Waals surface area contributed by atoms with E-state index in [9.17, 15) is 14.3 Å². The summed E-state index contributed by atoms with van der Waals surface area (Å²) in [4.78, 5) is 13.7. The van der Waals surface area contributed by atoms with E-state index < -0.39 is 23.7 Å². The van der Waals surface area contributed by atoms with E-state index in [0.29, 0.717) is 19.4 Å². The molecule has 0 radical (unpaired) electrons. The largest absolute Gasteiger partial charge is 0.391 e. The van der Waals surface area contributed by atoms with Gasteiger partial charge in [0.15, 0.2) is 0 Å². The van der Waals surface area contributed by atoms with Gasteiger partial charge in [0, 0.05) is 16.8 Å². The molecule has 154 valence electrons. The minimum absolute atomic E-state index is 0.163. The lowest BCUT2D eigenvalue weighted by Crippen LogP contribution is -2.41. The van der Waals surface area contributed by atoms with Gasteiger partial charge in [0.1, 0.15) is 5.67 Å². The first-order valence-electron chi connectivity index (χ1n) is 9.71. The maximum Gasteiger partial charge on any atom is 0.223 e. The number of alkyl halides is 1. The van der Waals surface area contributed by atoms with Crippen molar-refractivity contribution in [3.8, 4) is 0 Å². The van der Waals surface area contributed by atoms with Gasteiger partial charge in [-0.25, -0.2) is 4.39 Å². The van der Waals surface area contributed by atoms with Crippen molar-refractivity contribution in [1.29, 1.82) is 0 Å². The molecule has 4 nitrogen and oxygen atoms in total. The zero-order valence-corrected chi connectivity index (χ0v) is 17.4. The number of halogens is 1. The van der Waals surface area contributed by atoms with Crippen LogP contribution in [0, 0.1) is 5.92 Å². The highest BCUT2D eigenvalue weighted by Crippen LogP contribution is 2.24. The zero-order chi connectivity index (χ0) is 20.6. The molecule has 1 heterocycles. The molecule has 0 fully saturated rings. The van der Waals surface area contributed by atoms with E-state index in [1.54, 1.807) is 11.3 Å². The molecule has 0 aliphatic rings. The normalized spacial score (nSPS) is 15.0. The molecule has 0 aliphatic heterocycles. The molecule has 0 unspecified atom stereocenters. The Labute approximate surface area is 171 Å². The van der Waals surface area contributed by atoms with Crippen LogP contribution in [-0.4, -0.2) is 28.8 Å². The molecule has 3 atom stereocenters. The topological polar surface area (TPSA) is 75.3 Å². The number of carbonyl (C=O) groups is 1. The van der Waals surface area contributed by atoms with Crippen molar-refractivity contribution < 1.29 is 14.3 Å². The van der Waals surface area contributed by atoms with Gasteiger partial charge in [-0.3, -0.25) is 4.79 Å². The van der Waals surface area contributed by atoms with Gasteiger partial charge in [-0.15, -0.1) is 11.3 Å². The number of nitrogens with two attached hydrogens (primary N) is 1. The number of hydrogen-bond donors (Lipinski definition) is 3. The van der Waals surface area contributed by atoms with E-state index in [1.807, 2.05) is 47.8 Å². The van der Waals surface area contributed by atoms with Gasteiger partial charge in [0.2, 0.25) is 5.91 Å². The third-order valence-electron chi connectivity index (χ3n) is 4.81. The summed E-state index contributed by atoms with van der Waals surface area (Å²) >= 11 is 1.57. The van der Waals surface area contributed by atoms with Crippen LogP contribution in [0.4, 0.5) is 4.39 Å². The van der Waals surface area contributed by atoms with E-state index in [4.69, 9.17) is 5.73 Å².